The van der Waals surface area contributed by atoms with E-state index in [-0.39, 0.29) is 23.9 Å². The van der Waals surface area contributed by atoms with Crippen LogP contribution in [0.3, 0.4) is 0 Å². The Hall–Kier alpha value is -3.09. The van der Waals surface area contributed by atoms with E-state index in [4.69, 9.17) is 0 Å². The van der Waals surface area contributed by atoms with Crippen LogP contribution in [0.1, 0.15) is 29.9 Å². The zero-order chi connectivity index (χ0) is 24.4. The average Bonchev–Trinajstić information content (AvgIpc) is 3.21. The van der Waals surface area contributed by atoms with Crippen LogP contribution in [0, 0.1) is 0 Å². The molecule has 1 aliphatic heterocycles. The van der Waals surface area contributed by atoms with Gasteiger partial charge in [0.1, 0.15) is 5.82 Å². The lowest BCUT2D eigenvalue weighted by Gasteiger charge is -2.36. The second-order valence-electron chi connectivity index (χ2n) is 9.72. The van der Waals surface area contributed by atoms with Crippen molar-refractivity contribution in [2.45, 2.75) is 18.8 Å². The van der Waals surface area contributed by atoms with Crippen molar-refractivity contribution in [3.8, 4) is 11.1 Å². The molecule has 1 aliphatic carbocycles. The maximum atomic E-state index is 12.9. The van der Waals surface area contributed by atoms with Crippen LogP contribution < -0.4 is 10.5 Å². The third kappa shape index (κ3) is 5.20. The Balaban J connectivity index is 0.00000304. The summed E-state index contributed by atoms with van der Waals surface area (Å²) in [6.07, 6.45) is 1.59. The Morgan fingerprint density at radius 1 is 0.861 bits per heavy atom. The fourth-order valence-electron chi connectivity index (χ4n) is 5.53. The molecule has 0 spiro atoms. The van der Waals surface area contributed by atoms with Crippen LogP contribution in [0.15, 0.2) is 71.5 Å². The van der Waals surface area contributed by atoms with E-state index < -0.39 is 0 Å². The molecule has 0 unspecified atom stereocenters. The highest BCUT2D eigenvalue weighted by atomic mass is 35.5. The van der Waals surface area contributed by atoms with Crippen LogP contribution in [0.2, 0.25) is 0 Å². The normalized spacial score (nSPS) is 15.0. The van der Waals surface area contributed by atoms with Gasteiger partial charge in [-0.3, -0.25) is 14.2 Å². The van der Waals surface area contributed by atoms with E-state index in [9.17, 15) is 9.59 Å². The number of hydrogen-bond acceptors (Lipinski definition) is 4. The van der Waals surface area contributed by atoms with E-state index >= 15 is 0 Å². The zero-order valence-electron chi connectivity index (χ0n) is 21.1. The molecule has 3 aromatic rings. The second kappa shape index (κ2) is 11.3. The summed E-state index contributed by atoms with van der Waals surface area (Å²) in [7, 11) is 3.92. The summed E-state index contributed by atoms with van der Waals surface area (Å²) in [5.74, 6) is 1.55. The number of carbonyl (C=O) groups excluding carboxylic acids is 1. The van der Waals surface area contributed by atoms with Gasteiger partial charge in [-0.2, -0.15) is 0 Å². The minimum atomic E-state index is -0.00590. The minimum absolute atomic E-state index is 0. The molecule has 2 aromatic carbocycles. The number of pyridine rings is 1. The van der Waals surface area contributed by atoms with E-state index in [1.807, 2.05) is 11.0 Å². The molecule has 2 aliphatic rings. The first kappa shape index (κ1) is 26.0. The number of carbonyl (C=O) groups is 1. The van der Waals surface area contributed by atoms with Gasteiger partial charge in [-0.15, -0.1) is 12.4 Å². The number of halogens is 1. The lowest BCUT2D eigenvalue weighted by atomic mass is 9.93. The number of benzene rings is 2. The number of anilines is 1. The smallest absolute Gasteiger partial charge is 0.251 e. The first-order chi connectivity index (χ1) is 17.0. The van der Waals surface area contributed by atoms with Gasteiger partial charge in [-0.1, -0.05) is 54.6 Å². The number of piperazine rings is 1. The van der Waals surface area contributed by atoms with Gasteiger partial charge in [0.25, 0.3) is 5.56 Å². The van der Waals surface area contributed by atoms with Gasteiger partial charge in [-0.25, -0.2) is 0 Å². The molecule has 6 nitrogen and oxygen atoms in total. The van der Waals surface area contributed by atoms with Crippen LogP contribution in [0.25, 0.3) is 11.1 Å². The summed E-state index contributed by atoms with van der Waals surface area (Å²) in [5.41, 5.74) is 5.56. The highest BCUT2D eigenvalue weighted by Gasteiger charge is 2.28. The number of hydrogen-bond donors (Lipinski definition) is 0. The van der Waals surface area contributed by atoms with E-state index in [2.05, 4.69) is 65.4 Å². The lowest BCUT2D eigenvalue weighted by Crippen LogP contribution is -2.50. The van der Waals surface area contributed by atoms with Crippen molar-refractivity contribution in [2.24, 2.45) is 7.05 Å². The van der Waals surface area contributed by atoms with Crippen molar-refractivity contribution in [1.82, 2.24) is 14.4 Å². The molecular formula is C29H35ClN4O2. The van der Waals surface area contributed by atoms with E-state index in [1.54, 1.807) is 23.7 Å². The Bertz CT molecular complexity index is 1220. The summed E-state index contributed by atoms with van der Waals surface area (Å²) < 4.78 is 1.67. The maximum Gasteiger partial charge on any atom is 0.251 e. The Labute approximate surface area is 219 Å². The molecule has 5 rings (SSSR count). The Kier molecular flexibility index (Phi) is 8.17. The van der Waals surface area contributed by atoms with Gasteiger partial charge in [0, 0.05) is 58.2 Å². The molecule has 0 radical (unpaired) electrons. The fraction of sp³-hybridized carbons (Fsp3) is 0.379. The molecule has 0 saturated carbocycles. The first-order valence-corrected chi connectivity index (χ1v) is 12.6. The van der Waals surface area contributed by atoms with Gasteiger partial charge in [-0.05, 0) is 48.3 Å². The summed E-state index contributed by atoms with van der Waals surface area (Å²) >= 11 is 0. The third-order valence-corrected chi connectivity index (χ3v) is 7.58. The predicted molar refractivity (Wildman–Crippen MR) is 148 cm³/mol. The topological polar surface area (TPSA) is 48.8 Å². The lowest BCUT2D eigenvalue weighted by molar-refractivity contribution is -0.131. The highest BCUT2D eigenvalue weighted by Crippen LogP contribution is 2.46. The number of nitrogens with zero attached hydrogens (tertiary/aromatic N) is 4. The highest BCUT2D eigenvalue weighted by molar-refractivity contribution is 5.85. The average molecular weight is 507 g/mol. The molecule has 2 heterocycles. The molecule has 0 bridgehead atoms. The quantitative estimate of drug-likeness (QED) is 0.486. The van der Waals surface area contributed by atoms with Gasteiger partial charge in [0.05, 0.1) is 0 Å². The van der Waals surface area contributed by atoms with E-state index in [0.717, 1.165) is 38.4 Å². The van der Waals surface area contributed by atoms with Gasteiger partial charge >= 0.3 is 0 Å². The van der Waals surface area contributed by atoms with E-state index in [1.165, 1.54) is 22.3 Å². The Morgan fingerprint density at radius 2 is 1.47 bits per heavy atom. The second-order valence-corrected chi connectivity index (χ2v) is 9.72. The predicted octanol–water partition coefficient (Wildman–Crippen LogP) is 3.98. The van der Waals surface area contributed by atoms with Crippen molar-refractivity contribution in [1.29, 1.82) is 0 Å². The van der Waals surface area contributed by atoms with Crippen molar-refractivity contribution < 1.29 is 4.79 Å². The monoisotopic (exact) mass is 506 g/mol. The van der Waals surface area contributed by atoms with Crippen LogP contribution >= 0.6 is 12.4 Å². The summed E-state index contributed by atoms with van der Waals surface area (Å²) in [5, 5.41) is 0. The largest absolute Gasteiger partial charge is 0.354 e. The number of amides is 1. The SMILES string of the molecule is CN(CCC(=O)N1CCN(c2cccc(=O)n2C)CC1)CCC1c2ccccc2-c2ccccc21.Cl. The van der Waals surface area contributed by atoms with Crippen molar-refractivity contribution >= 4 is 24.1 Å². The maximum absolute atomic E-state index is 12.9. The van der Waals surface area contributed by atoms with Gasteiger partial charge in [0.2, 0.25) is 5.91 Å². The summed E-state index contributed by atoms with van der Waals surface area (Å²) in [6.45, 7) is 4.61. The summed E-state index contributed by atoms with van der Waals surface area (Å²) in [4.78, 5) is 31.3. The van der Waals surface area contributed by atoms with Crippen LogP contribution in [0.5, 0.6) is 0 Å². The molecule has 1 aromatic heterocycles. The molecule has 0 atom stereocenters. The number of aromatic nitrogens is 1. The van der Waals surface area contributed by atoms with Crippen LogP contribution in [-0.4, -0.2) is 66.6 Å². The van der Waals surface area contributed by atoms with Crippen LogP contribution in [0.4, 0.5) is 5.82 Å². The first-order valence-electron chi connectivity index (χ1n) is 12.6. The fourth-order valence-corrected chi connectivity index (χ4v) is 5.53. The third-order valence-electron chi connectivity index (χ3n) is 7.58. The number of rotatable bonds is 7. The molecule has 190 valence electrons. The van der Waals surface area contributed by atoms with Gasteiger partial charge in [0.15, 0.2) is 0 Å². The van der Waals surface area contributed by atoms with Crippen molar-refractivity contribution in [2.75, 3.05) is 51.2 Å². The minimum Gasteiger partial charge on any atom is -0.354 e. The number of fused-ring (bicyclic) bond motifs is 3. The van der Waals surface area contributed by atoms with E-state index in [0.29, 0.717) is 25.4 Å². The van der Waals surface area contributed by atoms with Crippen LogP contribution in [-0.2, 0) is 11.8 Å². The van der Waals surface area contributed by atoms with Crippen molar-refractivity contribution in [3.63, 3.8) is 0 Å². The molecule has 7 heteroatoms. The molecule has 1 fully saturated rings. The molecule has 1 saturated heterocycles. The molecule has 0 N–H and O–H groups in total. The Morgan fingerprint density at radius 3 is 2.11 bits per heavy atom. The molecule has 1 amide bonds. The van der Waals surface area contributed by atoms with Gasteiger partial charge < -0.3 is 14.7 Å². The molecule has 36 heavy (non-hydrogen) atoms. The zero-order valence-corrected chi connectivity index (χ0v) is 21.9. The standard InChI is InChI=1S/C29H34N4O2.ClH/c1-30(16-14-26-24-10-5-3-8-22(24)23-9-4-6-11-25(23)26)17-15-29(35)33-20-18-32(19-21-33)27-12-7-13-28(34)31(27)2;/h3-13,26H,14-21H2,1-2H3;1H. The van der Waals surface area contributed by atoms with Crippen molar-refractivity contribution in [3.05, 3.63) is 88.2 Å². The molecular weight excluding hydrogens is 472 g/mol. The summed E-state index contributed by atoms with van der Waals surface area (Å²) in [6, 6.07) is 22.8.